The summed E-state index contributed by atoms with van der Waals surface area (Å²) in [6.07, 6.45) is 5.20. The van der Waals surface area contributed by atoms with Gasteiger partial charge in [-0.2, -0.15) is 0 Å². The number of carbonyl (C=O) groups excluding carboxylic acids is 1. The number of Topliss-reactive ketones (excluding diaryl/α,β-unsaturated/α-hetero) is 1. The van der Waals surface area contributed by atoms with E-state index in [1.165, 1.54) is 13.0 Å². The third kappa shape index (κ3) is 2.00. The Kier molecular flexibility index (Phi) is 2.91. The van der Waals surface area contributed by atoms with E-state index in [1.54, 1.807) is 0 Å². The number of rotatable bonds is 1. The lowest BCUT2D eigenvalue weighted by molar-refractivity contribution is -0.121. The van der Waals surface area contributed by atoms with Crippen LogP contribution < -0.4 is 0 Å². The van der Waals surface area contributed by atoms with Gasteiger partial charge in [0, 0.05) is 31.5 Å². The average molecular weight is 195 g/mol. The minimum Gasteiger partial charge on any atom is -0.300 e. The van der Waals surface area contributed by atoms with E-state index in [0.29, 0.717) is 11.8 Å². The molecule has 1 saturated heterocycles. The van der Waals surface area contributed by atoms with E-state index in [2.05, 4.69) is 18.7 Å². The highest BCUT2D eigenvalue weighted by Gasteiger charge is 2.33. The van der Waals surface area contributed by atoms with Gasteiger partial charge >= 0.3 is 0 Å². The average Bonchev–Trinajstić information content (AvgIpc) is 2.47. The van der Waals surface area contributed by atoms with E-state index in [0.717, 1.165) is 37.6 Å². The highest BCUT2D eigenvalue weighted by molar-refractivity contribution is 5.79. The van der Waals surface area contributed by atoms with Crippen molar-refractivity contribution in [3.8, 4) is 0 Å². The summed E-state index contributed by atoms with van der Waals surface area (Å²) in [5.41, 5.74) is 0. The Hall–Kier alpha value is -0.370. The molecule has 14 heavy (non-hydrogen) atoms. The van der Waals surface area contributed by atoms with Crippen LogP contribution >= 0.6 is 0 Å². The summed E-state index contributed by atoms with van der Waals surface area (Å²) >= 11 is 0. The number of nitrogens with zero attached hydrogens (tertiary/aromatic N) is 1. The minimum absolute atomic E-state index is 0.473. The maximum absolute atomic E-state index is 11.2. The third-order valence-corrected chi connectivity index (χ3v) is 3.81. The molecule has 2 atom stereocenters. The fourth-order valence-corrected chi connectivity index (χ4v) is 3.10. The van der Waals surface area contributed by atoms with Gasteiger partial charge in [0.05, 0.1) is 0 Å². The molecule has 0 bridgehead atoms. The van der Waals surface area contributed by atoms with Gasteiger partial charge in [0.1, 0.15) is 5.78 Å². The molecule has 0 amide bonds. The molecule has 2 nitrogen and oxygen atoms in total. The van der Waals surface area contributed by atoms with E-state index in [-0.39, 0.29) is 0 Å². The molecule has 2 rings (SSSR count). The van der Waals surface area contributed by atoms with E-state index in [4.69, 9.17) is 0 Å². The topological polar surface area (TPSA) is 20.3 Å². The summed E-state index contributed by atoms with van der Waals surface area (Å²) in [4.78, 5) is 13.8. The van der Waals surface area contributed by atoms with Crippen molar-refractivity contribution in [2.24, 2.45) is 5.92 Å². The van der Waals surface area contributed by atoms with Crippen LogP contribution in [0.4, 0.5) is 0 Å². The summed E-state index contributed by atoms with van der Waals surface area (Å²) in [5.74, 6) is 1.32. The first kappa shape index (κ1) is 10.2. The van der Waals surface area contributed by atoms with Gasteiger partial charge < -0.3 is 0 Å². The summed E-state index contributed by atoms with van der Waals surface area (Å²) in [5, 5.41) is 0. The van der Waals surface area contributed by atoms with Crippen molar-refractivity contribution in [2.75, 3.05) is 6.54 Å². The highest BCUT2D eigenvalue weighted by Crippen LogP contribution is 2.30. The molecule has 1 saturated carbocycles. The van der Waals surface area contributed by atoms with Crippen molar-refractivity contribution in [1.29, 1.82) is 0 Å². The fourth-order valence-electron chi connectivity index (χ4n) is 3.10. The standard InChI is InChI=1S/C12H21NO/c1-9-7-10(2)13(8-9)11-3-5-12(14)6-4-11/h9-11H,3-8H2,1-2H3. The molecule has 1 heterocycles. The third-order valence-electron chi connectivity index (χ3n) is 3.81. The smallest absolute Gasteiger partial charge is 0.133 e. The molecule has 0 spiro atoms. The van der Waals surface area contributed by atoms with Crippen LogP contribution in [0.2, 0.25) is 0 Å². The maximum Gasteiger partial charge on any atom is 0.133 e. The van der Waals surface area contributed by atoms with E-state index in [1.807, 2.05) is 0 Å². The molecule has 0 radical (unpaired) electrons. The molecule has 80 valence electrons. The molecular weight excluding hydrogens is 174 g/mol. The van der Waals surface area contributed by atoms with Crippen molar-refractivity contribution in [2.45, 2.75) is 58.0 Å². The predicted molar refractivity (Wildman–Crippen MR) is 57.2 cm³/mol. The van der Waals surface area contributed by atoms with Crippen molar-refractivity contribution in [3.63, 3.8) is 0 Å². The first-order valence-corrected chi connectivity index (χ1v) is 5.94. The zero-order valence-electron chi connectivity index (χ0n) is 9.33. The molecule has 1 aliphatic carbocycles. The Morgan fingerprint density at radius 1 is 1.21 bits per heavy atom. The SMILES string of the molecule is CC1CC(C)N(C2CCC(=O)CC2)C1. The first-order chi connectivity index (χ1) is 6.66. The van der Waals surface area contributed by atoms with Crippen LogP contribution in [0.25, 0.3) is 0 Å². The number of ketones is 1. The molecule has 0 aromatic heterocycles. The first-order valence-electron chi connectivity index (χ1n) is 5.94. The van der Waals surface area contributed by atoms with E-state index in [9.17, 15) is 4.79 Å². The second-order valence-corrected chi connectivity index (χ2v) is 5.16. The van der Waals surface area contributed by atoms with Crippen LogP contribution in [0, 0.1) is 5.92 Å². The van der Waals surface area contributed by atoms with Gasteiger partial charge in [-0.05, 0) is 32.1 Å². The number of likely N-dealkylation sites (tertiary alicyclic amines) is 1. The van der Waals surface area contributed by atoms with E-state index < -0.39 is 0 Å². The van der Waals surface area contributed by atoms with Crippen molar-refractivity contribution < 1.29 is 4.79 Å². The summed E-state index contributed by atoms with van der Waals surface area (Å²) in [6.45, 7) is 5.92. The predicted octanol–water partition coefficient (Wildman–Crippen LogP) is 2.23. The van der Waals surface area contributed by atoms with Crippen LogP contribution in [0.3, 0.4) is 0 Å². The molecule has 0 aromatic carbocycles. The van der Waals surface area contributed by atoms with Gasteiger partial charge in [0.2, 0.25) is 0 Å². The molecule has 0 aromatic rings. The van der Waals surface area contributed by atoms with Gasteiger partial charge in [-0.15, -0.1) is 0 Å². The zero-order chi connectivity index (χ0) is 10.1. The minimum atomic E-state index is 0.473. The molecule has 0 N–H and O–H groups in total. The fraction of sp³-hybridized carbons (Fsp3) is 0.917. The Labute approximate surface area is 86.7 Å². The van der Waals surface area contributed by atoms with Crippen molar-refractivity contribution in [1.82, 2.24) is 4.90 Å². The Balaban J connectivity index is 1.92. The monoisotopic (exact) mass is 195 g/mol. The van der Waals surface area contributed by atoms with Gasteiger partial charge in [-0.25, -0.2) is 0 Å². The van der Waals surface area contributed by atoms with E-state index >= 15 is 0 Å². The highest BCUT2D eigenvalue weighted by atomic mass is 16.1. The Morgan fingerprint density at radius 2 is 1.86 bits per heavy atom. The molecule has 2 heteroatoms. The summed E-state index contributed by atoms with van der Waals surface area (Å²) in [7, 11) is 0. The summed E-state index contributed by atoms with van der Waals surface area (Å²) in [6, 6.07) is 1.44. The molecular formula is C12H21NO. The van der Waals surface area contributed by atoms with Gasteiger partial charge in [0.15, 0.2) is 0 Å². The molecule has 2 unspecified atom stereocenters. The molecule has 1 aliphatic heterocycles. The van der Waals surface area contributed by atoms with Gasteiger partial charge in [-0.3, -0.25) is 9.69 Å². The second-order valence-electron chi connectivity index (χ2n) is 5.16. The van der Waals surface area contributed by atoms with Crippen molar-refractivity contribution >= 4 is 5.78 Å². The normalized spacial score (nSPS) is 36.6. The van der Waals surface area contributed by atoms with Crippen LogP contribution in [0.15, 0.2) is 0 Å². The number of hydrogen-bond acceptors (Lipinski definition) is 2. The lowest BCUT2D eigenvalue weighted by atomic mass is 9.93. The van der Waals surface area contributed by atoms with Crippen LogP contribution in [0.1, 0.15) is 46.0 Å². The van der Waals surface area contributed by atoms with Gasteiger partial charge in [-0.1, -0.05) is 6.92 Å². The Morgan fingerprint density at radius 3 is 2.36 bits per heavy atom. The largest absolute Gasteiger partial charge is 0.300 e. The molecule has 2 aliphatic rings. The number of hydrogen-bond donors (Lipinski definition) is 0. The lowest BCUT2D eigenvalue weighted by Crippen LogP contribution is -2.40. The summed E-state index contributed by atoms with van der Waals surface area (Å²) < 4.78 is 0. The number of carbonyl (C=O) groups is 1. The van der Waals surface area contributed by atoms with Crippen LogP contribution in [0.5, 0.6) is 0 Å². The van der Waals surface area contributed by atoms with Crippen LogP contribution in [-0.4, -0.2) is 29.3 Å². The second kappa shape index (κ2) is 4.01. The quantitative estimate of drug-likeness (QED) is 0.639. The maximum atomic E-state index is 11.2. The Bertz CT molecular complexity index is 216. The zero-order valence-corrected chi connectivity index (χ0v) is 9.33. The van der Waals surface area contributed by atoms with Gasteiger partial charge in [0.25, 0.3) is 0 Å². The molecule has 2 fully saturated rings. The van der Waals surface area contributed by atoms with Crippen LogP contribution in [-0.2, 0) is 4.79 Å². The van der Waals surface area contributed by atoms with Crippen molar-refractivity contribution in [3.05, 3.63) is 0 Å². The lowest BCUT2D eigenvalue weighted by Gasteiger charge is -2.33.